The van der Waals surface area contributed by atoms with Gasteiger partial charge in [-0.1, -0.05) is 55.4 Å². The molecule has 0 unspecified atom stereocenters. The van der Waals surface area contributed by atoms with Gasteiger partial charge in [0.2, 0.25) is 5.91 Å². The first-order valence-electron chi connectivity index (χ1n) is 8.54. The summed E-state index contributed by atoms with van der Waals surface area (Å²) in [6.45, 7) is 3.48. The summed E-state index contributed by atoms with van der Waals surface area (Å²) in [6, 6.07) is 10.4. The fourth-order valence-electron chi connectivity index (χ4n) is 2.45. The van der Waals surface area contributed by atoms with Gasteiger partial charge in [0.05, 0.1) is 11.8 Å². The Morgan fingerprint density at radius 3 is 2.65 bits per heavy atom. The van der Waals surface area contributed by atoms with Crippen molar-refractivity contribution in [2.24, 2.45) is 0 Å². The summed E-state index contributed by atoms with van der Waals surface area (Å²) in [6.07, 6.45) is 2.06. The van der Waals surface area contributed by atoms with Crippen LogP contribution in [0.3, 0.4) is 0 Å². The lowest BCUT2D eigenvalue weighted by molar-refractivity contribution is -0.125. The molecular weight excluding hydrogens is 350 g/mol. The molecule has 1 aromatic heterocycles. The van der Waals surface area contributed by atoms with Crippen molar-refractivity contribution < 1.29 is 9.59 Å². The smallest absolute Gasteiger partial charge is 0.251 e. The Hall–Kier alpha value is -2.41. The van der Waals surface area contributed by atoms with Gasteiger partial charge in [0.15, 0.2) is 10.9 Å². The molecule has 2 N–H and O–H groups in total. The largest absolute Gasteiger partial charge is 0.345 e. The van der Waals surface area contributed by atoms with Gasteiger partial charge in [-0.3, -0.25) is 14.4 Å². The van der Waals surface area contributed by atoms with Crippen LogP contribution in [0.2, 0.25) is 0 Å². The SMILES string of the molecule is CCCc1cc(=O)[nH]c(SCC(=O)N[C@H](Cc2ccccc2)C(C)=O)n1. The van der Waals surface area contributed by atoms with Crippen LogP contribution in [0.1, 0.15) is 31.5 Å². The number of benzene rings is 1. The molecule has 1 amide bonds. The molecule has 7 heteroatoms. The van der Waals surface area contributed by atoms with Crippen molar-refractivity contribution in [3.05, 3.63) is 58.0 Å². The topological polar surface area (TPSA) is 91.9 Å². The summed E-state index contributed by atoms with van der Waals surface area (Å²) in [7, 11) is 0. The summed E-state index contributed by atoms with van der Waals surface area (Å²) >= 11 is 1.15. The molecule has 0 saturated heterocycles. The Balaban J connectivity index is 1.94. The number of carbonyl (C=O) groups is 2. The molecule has 2 rings (SSSR count). The quantitative estimate of drug-likeness (QED) is 0.519. The zero-order valence-electron chi connectivity index (χ0n) is 15.0. The number of hydrogen-bond donors (Lipinski definition) is 2. The van der Waals surface area contributed by atoms with Crippen LogP contribution in [0.25, 0.3) is 0 Å². The van der Waals surface area contributed by atoms with Gasteiger partial charge >= 0.3 is 0 Å². The van der Waals surface area contributed by atoms with Crippen molar-refractivity contribution in [2.75, 3.05) is 5.75 Å². The lowest BCUT2D eigenvalue weighted by Gasteiger charge is -2.16. The van der Waals surface area contributed by atoms with E-state index in [1.54, 1.807) is 0 Å². The molecule has 2 aromatic rings. The molecule has 0 saturated carbocycles. The number of hydrogen-bond acceptors (Lipinski definition) is 5. The fraction of sp³-hybridized carbons (Fsp3) is 0.368. The van der Waals surface area contributed by atoms with Crippen LogP contribution < -0.4 is 10.9 Å². The average Bonchev–Trinajstić information content (AvgIpc) is 2.60. The third-order valence-corrected chi connectivity index (χ3v) is 4.60. The summed E-state index contributed by atoms with van der Waals surface area (Å²) in [5.74, 6) is -0.282. The van der Waals surface area contributed by atoms with E-state index in [2.05, 4.69) is 15.3 Å². The summed E-state index contributed by atoms with van der Waals surface area (Å²) in [4.78, 5) is 42.7. The van der Waals surface area contributed by atoms with Crippen LogP contribution in [0.4, 0.5) is 0 Å². The first kappa shape index (κ1) is 19.9. The first-order chi connectivity index (χ1) is 12.5. The fourth-order valence-corrected chi connectivity index (χ4v) is 3.16. The molecule has 1 atom stereocenters. The molecule has 138 valence electrons. The second-order valence-corrected chi connectivity index (χ2v) is 6.97. The van der Waals surface area contributed by atoms with Crippen molar-refractivity contribution in [3.63, 3.8) is 0 Å². The summed E-state index contributed by atoms with van der Waals surface area (Å²) in [5, 5.41) is 3.18. The molecule has 0 radical (unpaired) electrons. The van der Waals surface area contributed by atoms with Crippen LogP contribution >= 0.6 is 11.8 Å². The van der Waals surface area contributed by atoms with Gasteiger partial charge in [0, 0.05) is 11.8 Å². The Labute approximate surface area is 156 Å². The highest BCUT2D eigenvalue weighted by molar-refractivity contribution is 7.99. The van der Waals surface area contributed by atoms with Crippen molar-refractivity contribution in [1.29, 1.82) is 0 Å². The van der Waals surface area contributed by atoms with E-state index in [1.807, 2.05) is 37.3 Å². The third-order valence-electron chi connectivity index (χ3n) is 3.73. The molecule has 0 aliphatic heterocycles. The second kappa shape index (κ2) is 9.91. The number of aryl methyl sites for hydroxylation is 1. The first-order valence-corrected chi connectivity index (χ1v) is 9.53. The Morgan fingerprint density at radius 2 is 2.00 bits per heavy atom. The van der Waals surface area contributed by atoms with Crippen LogP contribution in [0, 0.1) is 0 Å². The molecule has 26 heavy (non-hydrogen) atoms. The van der Waals surface area contributed by atoms with E-state index >= 15 is 0 Å². The van der Waals surface area contributed by atoms with E-state index in [4.69, 9.17) is 0 Å². The highest BCUT2D eigenvalue weighted by Crippen LogP contribution is 2.12. The van der Waals surface area contributed by atoms with Crippen LogP contribution in [-0.2, 0) is 22.4 Å². The second-order valence-electron chi connectivity index (χ2n) is 6.00. The van der Waals surface area contributed by atoms with Crippen molar-refractivity contribution >= 4 is 23.5 Å². The summed E-state index contributed by atoms with van der Waals surface area (Å²) < 4.78 is 0. The number of rotatable bonds is 9. The van der Waals surface area contributed by atoms with Crippen LogP contribution in [0.5, 0.6) is 0 Å². The highest BCUT2D eigenvalue weighted by atomic mass is 32.2. The monoisotopic (exact) mass is 373 g/mol. The van der Waals surface area contributed by atoms with Gasteiger partial charge in [-0.15, -0.1) is 0 Å². The molecular formula is C19H23N3O3S. The van der Waals surface area contributed by atoms with E-state index in [0.29, 0.717) is 23.7 Å². The number of nitrogens with zero attached hydrogens (tertiary/aromatic N) is 1. The highest BCUT2D eigenvalue weighted by Gasteiger charge is 2.18. The normalized spacial score (nSPS) is 11.8. The average molecular weight is 373 g/mol. The zero-order chi connectivity index (χ0) is 18.9. The number of Topliss-reactive ketones (excluding diaryl/α,β-unsaturated/α-hetero) is 1. The van der Waals surface area contributed by atoms with E-state index in [-0.39, 0.29) is 23.0 Å². The van der Waals surface area contributed by atoms with E-state index in [9.17, 15) is 14.4 Å². The van der Waals surface area contributed by atoms with Gasteiger partial charge in [-0.25, -0.2) is 4.98 Å². The van der Waals surface area contributed by atoms with E-state index in [0.717, 1.165) is 23.7 Å². The molecule has 1 heterocycles. The third kappa shape index (κ3) is 6.48. The van der Waals surface area contributed by atoms with Crippen molar-refractivity contribution in [2.45, 2.75) is 44.3 Å². The van der Waals surface area contributed by atoms with Gasteiger partial charge in [0.25, 0.3) is 5.56 Å². The Morgan fingerprint density at radius 1 is 1.27 bits per heavy atom. The zero-order valence-corrected chi connectivity index (χ0v) is 15.8. The Bertz CT molecular complexity index is 805. The molecule has 1 aromatic carbocycles. The van der Waals surface area contributed by atoms with Gasteiger partial charge in [-0.2, -0.15) is 0 Å². The minimum atomic E-state index is -0.566. The predicted octanol–water partition coefficient (Wildman–Crippen LogP) is 2.13. The maximum Gasteiger partial charge on any atom is 0.251 e. The number of carbonyl (C=O) groups excluding carboxylic acids is 2. The van der Waals surface area contributed by atoms with Gasteiger partial charge in [0.1, 0.15) is 0 Å². The van der Waals surface area contributed by atoms with Crippen molar-refractivity contribution in [3.8, 4) is 0 Å². The number of ketones is 1. The number of amides is 1. The number of nitrogens with one attached hydrogen (secondary N) is 2. The summed E-state index contributed by atoms with van der Waals surface area (Å²) in [5.41, 5.74) is 1.47. The maximum atomic E-state index is 12.2. The lowest BCUT2D eigenvalue weighted by atomic mass is 10.0. The van der Waals surface area contributed by atoms with Gasteiger partial charge < -0.3 is 10.3 Å². The van der Waals surface area contributed by atoms with Crippen LogP contribution in [-0.4, -0.2) is 33.5 Å². The molecule has 0 fully saturated rings. The van der Waals surface area contributed by atoms with Gasteiger partial charge in [-0.05, 0) is 25.3 Å². The molecule has 0 aliphatic carbocycles. The predicted molar refractivity (Wildman–Crippen MR) is 102 cm³/mol. The minimum absolute atomic E-state index is 0.0804. The molecule has 0 aliphatic rings. The number of thioether (sulfide) groups is 1. The van der Waals surface area contributed by atoms with Crippen molar-refractivity contribution in [1.82, 2.24) is 15.3 Å². The number of aromatic nitrogens is 2. The number of H-pyrrole nitrogens is 1. The maximum absolute atomic E-state index is 12.2. The molecule has 0 bridgehead atoms. The molecule has 0 spiro atoms. The lowest BCUT2D eigenvalue weighted by Crippen LogP contribution is -2.42. The van der Waals surface area contributed by atoms with E-state index < -0.39 is 6.04 Å². The van der Waals surface area contributed by atoms with Crippen LogP contribution in [0.15, 0.2) is 46.3 Å². The van der Waals surface area contributed by atoms with E-state index in [1.165, 1.54) is 13.0 Å². The Kier molecular flexibility index (Phi) is 7.59. The minimum Gasteiger partial charge on any atom is -0.345 e. The molecule has 6 nitrogen and oxygen atoms in total. The standard InChI is InChI=1S/C19H23N3O3S/c1-3-7-15-11-17(24)22-19(20-15)26-12-18(25)21-16(13(2)23)10-14-8-5-4-6-9-14/h4-6,8-9,11,16H,3,7,10,12H2,1-2H3,(H,21,25)(H,20,22,24)/t16-/m1/s1. The number of aromatic amines is 1.